The van der Waals surface area contributed by atoms with Crippen molar-refractivity contribution in [1.29, 1.82) is 0 Å². The van der Waals surface area contributed by atoms with Crippen LogP contribution in [-0.4, -0.2) is 18.6 Å². The summed E-state index contributed by atoms with van der Waals surface area (Å²) in [6.07, 6.45) is 1.55. The molecule has 2 aromatic carbocycles. The van der Waals surface area contributed by atoms with E-state index in [4.69, 9.17) is 21.1 Å². The van der Waals surface area contributed by atoms with Crippen molar-refractivity contribution >= 4 is 23.4 Å². The number of ether oxygens (including phenoxy) is 2. The molecule has 0 radical (unpaired) electrons. The molecule has 0 unspecified atom stereocenters. The third-order valence-corrected chi connectivity index (χ3v) is 4.08. The monoisotopic (exact) mass is 390 g/mol. The highest BCUT2D eigenvalue weighted by Crippen LogP contribution is 2.32. The number of nitrogens with one attached hydrogen (secondary N) is 1. The highest BCUT2D eigenvalue weighted by molar-refractivity contribution is 6.30. The molecule has 0 aliphatic carbocycles. The average Bonchev–Trinajstić information content (AvgIpc) is 3.14. The van der Waals surface area contributed by atoms with Gasteiger partial charge in [0.15, 0.2) is 11.5 Å². The van der Waals surface area contributed by atoms with Crippen LogP contribution in [0.15, 0.2) is 42.5 Å². The Morgan fingerprint density at radius 1 is 1.07 bits per heavy atom. The second kappa shape index (κ2) is 10.4. The normalized spacial score (nSPS) is 11.3. The summed E-state index contributed by atoms with van der Waals surface area (Å²) in [5.41, 5.74) is 6.74. The number of hydrogen-bond acceptors (Lipinski definition) is 4. The van der Waals surface area contributed by atoms with Gasteiger partial charge in [0.25, 0.3) is 0 Å². The molecule has 1 aliphatic heterocycles. The van der Waals surface area contributed by atoms with Gasteiger partial charge in [-0.3, -0.25) is 9.59 Å². The molecule has 0 atom stereocenters. The predicted octanol–water partition coefficient (Wildman–Crippen LogP) is 3.20. The molecule has 6 nitrogen and oxygen atoms in total. The number of hydrogen-bond donors (Lipinski definition) is 2. The lowest BCUT2D eigenvalue weighted by Gasteiger charge is -2.06. The highest BCUT2D eigenvalue weighted by Gasteiger charge is 2.13. The standard InChI is InChI=1S/C17H16ClNO3.C3H7NO/c18-14-5-1-13(2-6-14)10-19-17(20)8-4-12-3-7-15-16(9-12)22-11-21-15;1-2-3(4)5/h1-3,5-7,9H,4,8,10-11H2,(H,19,20);2H2,1H3,(H2,4,5). The van der Waals surface area contributed by atoms with Crippen LogP contribution in [-0.2, 0) is 22.6 Å². The summed E-state index contributed by atoms with van der Waals surface area (Å²) in [5.74, 6) is 1.28. The fourth-order valence-corrected chi connectivity index (χ4v) is 2.37. The maximum atomic E-state index is 11.9. The van der Waals surface area contributed by atoms with Gasteiger partial charge in [0.2, 0.25) is 18.6 Å². The zero-order chi connectivity index (χ0) is 19.6. The molecule has 2 amide bonds. The van der Waals surface area contributed by atoms with E-state index in [0.29, 0.717) is 30.8 Å². The first-order valence-corrected chi connectivity index (χ1v) is 9.03. The average molecular weight is 391 g/mol. The number of benzene rings is 2. The van der Waals surface area contributed by atoms with Gasteiger partial charge < -0.3 is 20.5 Å². The van der Waals surface area contributed by atoms with E-state index in [1.165, 1.54) is 0 Å². The van der Waals surface area contributed by atoms with Crippen molar-refractivity contribution < 1.29 is 19.1 Å². The Hall–Kier alpha value is -2.73. The number of carbonyl (C=O) groups is 2. The Balaban J connectivity index is 0.000000465. The number of primary amides is 1. The third-order valence-electron chi connectivity index (χ3n) is 3.83. The molecule has 2 aromatic rings. The van der Waals surface area contributed by atoms with E-state index in [-0.39, 0.29) is 18.6 Å². The third kappa shape index (κ3) is 7.19. The van der Waals surface area contributed by atoms with Crippen LogP contribution in [0.2, 0.25) is 5.02 Å². The van der Waals surface area contributed by atoms with Crippen molar-refractivity contribution in [2.75, 3.05) is 6.79 Å². The summed E-state index contributed by atoms with van der Waals surface area (Å²) in [7, 11) is 0. The number of fused-ring (bicyclic) bond motifs is 1. The Bertz CT molecular complexity index is 778. The molecule has 0 saturated heterocycles. The largest absolute Gasteiger partial charge is 0.454 e. The van der Waals surface area contributed by atoms with Gasteiger partial charge in [-0.1, -0.05) is 36.7 Å². The minimum absolute atomic E-state index is 0.0209. The zero-order valence-electron chi connectivity index (χ0n) is 15.2. The summed E-state index contributed by atoms with van der Waals surface area (Å²) in [5, 5.41) is 3.60. The van der Waals surface area contributed by atoms with Crippen LogP contribution in [0, 0.1) is 0 Å². The minimum atomic E-state index is -0.245. The van der Waals surface area contributed by atoms with E-state index in [0.717, 1.165) is 22.6 Å². The second-order valence-electron chi connectivity index (χ2n) is 5.91. The van der Waals surface area contributed by atoms with Crippen LogP contribution in [0.25, 0.3) is 0 Å². The summed E-state index contributed by atoms with van der Waals surface area (Å²) >= 11 is 5.83. The number of aryl methyl sites for hydroxylation is 1. The van der Waals surface area contributed by atoms with Gasteiger partial charge in [0.05, 0.1) is 0 Å². The van der Waals surface area contributed by atoms with Crippen molar-refractivity contribution in [2.24, 2.45) is 5.73 Å². The Morgan fingerprint density at radius 3 is 2.37 bits per heavy atom. The second-order valence-corrected chi connectivity index (χ2v) is 6.35. The molecule has 3 rings (SSSR count). The highest BCUT2D eigenvalue weighted by atomic mass is 35.5. The van der Waals surface area contributed by atoms with Crippen LogP contribution in [0.4, 0.5) is 0 Å². The SMILES string of the molecule is CCC(N)=O.O=C(CCc1ccc2c(c1)OCO2)NCc1ccc(Cl)cc1. The van der Waals surface area contributed by atoms with E-state index in [2.05, 4.69) is 11.1 Å². The first-order valence-electron chi connectivity index (χ1n) is 8.66. The van der Waals surface area contributed by atoms with Crippen molar-refractivity contribution in [2.45, 2.75) is 32.7 Å². The van der Waals surface area contributed by atoms with Crippen LogP contribution in [0.5, 0.6) is 11.5 Å². The first kappa shape index (κ1) is 20.6. The molecule has 3 N–H and O–H groups in total. The van der Waals surface area contributed by atoms with E-state index < -0.39 is 0 Å². The number of nitrogens with two attached hydrogens (primary N) is 1. The minimum Gasteiger partial charge on any atom is -0.454 e. The van der Waals surface area contributed by atoms with Gasteiger partial charge in [0, 0.05) is 24.4 Å². The van der Waals surface area contributed by atoms with Crippen molar-refractivity contribution in [3.8, 4) is 11.5 Å². The van der Waals surface area contributed by atoms with Crippen LogP contribution < -0.4 is 20.5 Å². The van der Waals surface area contributed by atoms with Gasteiger partial charge in [-0.25, -0.2) is 0 Å². The van der Waals surface area contributed by atoms with Crippen molar-refractivity contribution in [3.05, 3.63) is 58.6 Å². The fraction of sp³-hybridized carbons (Fsp3) is 0.300. The smallest absolute Gasteiger partial charge is 0.231 e. The van der Waals surface area contributed by atoms with Gasteiger partial charge in [-0.05, 0) is 41.8 Å². The lowest BCUT2D eigenvalue weighted by Crippen LogP contribution is -2.22. The molecule has 7 heteroatoms. The van der Waals surface area contributed by atoms with Crippen LogP contribution in [0.1, 0.15) is 30.9 Å². The van der Waals surface area contributed by atoms with Gasteiger partial charge >= 0.3 is 0 Å². The quantitative estimate of drug-likeness (QED) is 0.792. The number of carbonyl (C=O) groups excluding carboxylic acids is 2. The summed E-state index contributed by atoms with van der Waals surface area (Å²) in [6, 6.07) is 13.2. The van der Waals surface area contributed by atoms with E-state index in [1.807, 2.05) is 42.5 Å². The molecule has 144 valence electrons. The fourth-order valence-electron chi connectivity index (χ4n) is 2.25. The number of amides is 2. The molecular formula is C20H23ClN2O4. The van der Waals surface area contributed by atoms with Crippen LogP contribution >= 0.6 is 11.6 Å². The maximum Gasteiger partial charge on any atom is 0.231 e. The molecule has 27 heavy (non-hydrogen) atoms. The summed E-state index contributed by atoms with van der Waals surface area (Å²) in [6.45, 7) is 2.50. The summed E-state index contributed by atoms with van der Waals surface area (Å²) in [4.78, 5) is 21.5. The topological polar surface area (TPSA) is 90.7 Å². The first-order chi connectivity index (χ1) is 13.0. The molecule has 0 aromatic heterocycles. The summed E-state index contributed by atoms with van der Waals surface area (Å²) < 4.78 is 10.6. The molecule has 1 aliphatic rings. The van der Waals surface area contributed by atoms with E-state index >= 15 is 0 Å². The number of rotatable bonds is 6. The number of halogens is 1. The lowest BCUT2D eigenvalue weighted by atomic mass is 10.1. The molecule has 0 saturated carbocycles. The molecule has 1 heterocycles. The predicted molar refractivity (Wildman–Crippen MR) is 104 cm³/mol. The zero-order valence-corrected chi connectivity index (χ0v) is 15.9. The Labute approximate surface area is 163 Å². The van der Waals surface area contributed by atoms with Crippen molar-refractivity contribution in [1.82, 2.24) is 5.32 Å². The van der Waals surface area contributed by atoms with E-state index in [1.54, 1.807) is 6.92 Å². The maximum absolute atomic E-state index is 11.9. The van der Waals surface area contributed by atoms with E-state index in [9.17, 15) is 9.59 Å². The van der Waals surface area contributed by atoms with Crippen LogP contribution in [0.3, 0.4) is 0 Å². The molecule has 0 fully saturated rings. The van der Waals surface area contributed by atoms with Gasteiger partial charge in [0.1, 0.15) is 0 Å². The van der Waals surface area contributed by atoms with Gasteiger partial charge in [-0.2, -0.15) is 0 Å². The Morgan fingerprint density at radius 2 is 1.70 bits per heavy atom. The lowest BCUT2D eigenvalue weighted by molar-refractivity contribution is -0.121. The molecule has 0 bridgehead atoms. The van der Waals surface area contributed by atoms with Crippen molar-refractivity contribution in [3.63, 3.8) is 0 Å². The molecular weight excluding hydrogens is 368 g/mol. The van der Waals surface area contributed by atoms with Gasteiger partial charge in [-0.15, -0.1) is 0 Å². The Kier molecular flexibility index (Phi) is 7.95. The molecule has 0 spiro atoms.